The summed E-state index contributed by atoms with van der Waals surface area (Å²) in [5.74, 6) is 1.24. The average molecular weight is 415 g/mol. The number of methoxy groups -OCH3 is 1. The molecule has 146 valence electrons. The smallest absolute Gasteiger partial charge is 0.322 e. The van der Waals surface area contributed by atoms with E-state index in [1.165, 1.54) is 16.9 Å². The second-order valence-electron chi connectivity index (χ2n) is 6.73. The number of likely N-dealkylation sites (tertiary alicyclic amines) is 1. The number of aromatic nitrogens is 2. The number of carbonyl (C=O) groups excluding carboxylic acids is 1. The minimum atomic E-state index is -0.0154. The van der Waals surface area contributed by atoms with Crippen molar-refractivity contribution >= 4 is 33.7 Å². The summed E-state index contributed by atoms with van der Waals surface area (Å²) in [6.07, 6.45) is 2.63. The summed E-state index contributed by atoms with van der Waals surface area (Å²) in [4.78, 5) is 14.2. The molecule has 3 heterocycles. The van der Waals surface area contributed by atoms with E-state index in [0.29, 0.717) is 5.92 Å². The van der Waals surface area contributed by atoms with Gasteiger partial charge in [-0.2, -0.15) is 0 Å². The molecule has 0 unspecified atom stereocenters. The highest BCUT2D eigenvalue weighted by Gasteiger charge is 2.26. The average Bonchev–Trinajstić information content (AvgIpc) is 3.41. The summed E-state index contributed by atoms with van der Waals surface area (Å²) >= 11 is 3.22. The van der Waals surface area contributed by atoms with Gasteiger partial charge in [-0.15, -0.1) is 32.9 Å². The molecule has 1 saturated heterocycles. The Morgan fingerprint density at radius 2 is 2.00 bits per heavy atom. The third-order valence-corrected chi connectivity index (χ3v) is 6.75. The lowest BCUT2D eigenvalue weighted by Crippen LogP contribution is -2.40. The van der Waals surface area contributed by atoms with E-state index in [1.807, 2.05) is 34.5 Å². The predicted molar refractivity (Wildman–Crippen MR) is 113 cm³/mol. The summed E-state index contributed by atoms with van der Waals surface area (Å²) in [5.41, 5.74) is 1.20. The first-order valence-corrected chi connectivity index (χ1v) is 11.0. The number of amides is 2. The molecule has 0 radical (unpaired) electrons. The van der Waals surface area contributed by atoms with Crippen molar-refractivity contribution in [3.05, 3.63) is 57.4 Å². The van der Waals surface area contributed by atoms with Crippen molar-refractivity contribution in [3.63, 3.8) is 0 Å². The van der Waals surface area contributed by atoms with Crippen molar-refractivity contribution in [3.8, 4) is 5.75 Å². The van der Waals surface area contributed by atoms with Gasteiger partial charge >= 0.3 is 6.03 Å². The third kappa shape index (κ3) is 4.51. The van der Waals surface area contributed by atoms with Gasteiger partial charge in [0, 0.05) is 25.4 Å². The molecular formula is C20H22N4O2S2. The van der Waals surface area contributed by atoms with Crippen LogP contribution in [0.15, 0.2) is 41.8 Å². The van der Waals surface area contributed by atoms with E-state index in [-0.39, 0.29) is 6.03 Å². The van der Waals surface area contributed by atoms with Gasteiger partial charge in [0.1, 0.15) is 15.8 Å². The molecule has 3 aromatic rings. The van der Waals surface area contributed by atoms with Crippen molar-refractivity contribution in [1.82, 2.24) is 15.1 Å². The van der Waals surface area contributed by atoms with E-state index in [9.17, 15) is 4.79 Å². The number of carbonyl (C=O) groups is 1. The number of thiophene rings is 1. The molecule has 0 atom stereocenters. The molecule has 0 aliphatic carbocycles. The van der Waals surface area contributed by atoms with Crippen LogP contribution in [-0.4, -0.2) is 41.3 Å². The second-order valence-corrected chi connectivity index (χ2v) is 8.77. The number of piperidine rings is 1. The van der Waals surface area contributed by atoms with Crippen LogP contribution in [0.2, 0.25) is 0 Å². The topological polar surface area (TPSA) is 67.4 Å². The highest BCUT2D eigenvalue weighted by Crippen LogP contribution is 2.31. The molecule has 1 aliphatic heterocycles. The van der Waals surface area contributed by atoms with Crippen molar-refractivity contribution in [2.24, 2.45) is 0 Å². The maximum Gasteiger partial charge on any atom is 0.322 e. The highest BCUT2D eigenvalue weighted by atomic mass is 32.1. The van der Waals surface area contributed by atoms with E-state index < -0.39 is 0 Å². The summed E-state index contributed by atoms with van der Waals surface area (Å²) in [5, 5.41) is 16.7. The standard InChI is InChI=1S/C20H22N4O2S2/c1-26-16-6-4-14(5-7-16)13-18-22-23-19(28-18)15-8-10-24(11-9-15)20(25)21-17-3-2-12-27-17/h2-7,12,15H,8-11,13H2,1H3,(H,21,25). The van der Waals surface area contributed by atoms with E-state index in [2.05, 4.69) is 27.6 Å². The monoisotopic (exact) mass is 414 g/mol. The Bertz CT molecular complexity index is 901. The molecule has 0 spiro atoms. The Hall–Kier alpha value is -2.45. The van der Waals surface area contributed by atoms with E-state index in [4.69, 9.17) is 4.74 Å². The first-order chi connectivity index (χ1) is 13.7. The summed E-state index contributed by atoms with van der Waals surface area (Å²) in [7, 11) is 1.67. The fourth-order valence-electron chi connectivity index (χ4n) is 3.28. The lowest BCUT2D eigenvalue weighted by molar-refractivity contribution is 0.194. The molecule has 1 N–H and O–H groups in total. The van der Waals surface area contributed by atoms with Gasteiger partial charge in [-0.05, 0) is 48.1 Å². The zero-order valence-corrected chi connectivity index (χ0v) is 17.3. The number of urea groups is 1. The van der Waals surface area contributed by atoms with Gasteiger partial charge in [-0.25, -0.2) is 4.79 Å². The van der Waals surface area contributed by atoms with Crippen molar-refractivity contribution in [1.29, 1.82) is 0 Å². The van der Waals surface area contributed by atoms with Gasteiger partial charge in [0.25, 0.3) is 0 Å². The van der Waals surface area contributed by atoms with Gasteiger partial charge in [-0.3, -0.25) is 5.32 Å². The largest absolute Gasteiger partial charge is 0.497 e. The molecule has 4 rings (SSSR count). The third-order valence-electron chi connectivity index (χ3n) is 4.88. The highest BCUT2D eigenvalue weighted by molar-refractivity contribution is 7.14. The number of nitrogens with one attached hydrogen (secondary N) is 1. The molecule has 1 fully saturated rings. The fourth-order valence-corrected chi connectivity index (χ4v) is 4.94. The fraction of sp³-hybridized carbons (Fsp3) is 0.350. The summed E-state index contributed by atoms with van der Waals surface area (Å²) < 4.78 is 5.20. The van der Waals surface area contributed by atoms with Crippen molar-refractivity contribution in [2.75, 3.05) is 25.5 Å². The molecule has 0 saturated carbocycles. The van der Waals surface area contributed by atoms with Crippen LogP contribution in [0.3, 0.4) is 0 Å². The van der Waals surface area contributed by atoms with Gasteiger partial charge in [-0.1, -0.05) is 12.1 Å². The van der Waals surface area contributed by atoms with Gasteiger partial charge in [0.2, 0.25) is 0 Å². The number of anilines is 1. The lowest BCUT2D eigenvalue weighted by Gasteiger charge is -2.30. The molecule has 28 heavy (non-hydrogen) atoms. The predicted octanol–water partition coefficient (Wildman–Crippen LogP) is 4.61. The molecular weight excluding hydrogens is 392 g/mol. The van der Waals surface area contributed by atoms with Crippen molar-refractivity contribution < 1.29 is 9.53 Å². The van der Waals surface area contributed by atoms with E-state index in [0.717, 1.165) is 53.1 Å². The van der Waals surface area contributed by atoms with Crippen LogP contribution in [0.25, 0.3) is 0 Å². The van der Waals surface area contributed by atoms with E-state index in [1.54, 1.807) is 18.4 Å². The number of rotatable bonds is 5. The van der Waals surface area contributed by atoms with Crippen LogP contribution in [-0.2, 0) is 6.42 Å². The van der Waals surface area contributed by atoms with Crippen LogP contribution >= 0.6 is 22.7 Å². The SMILES string of the molecule is COc1ccc(Cc2nnc(C3CCN(C(=O)Nc4cccs4)CC3)s2)cc1. The Balaban J connectivity index is 1.30. The number of hydrogen-bond donors (Lipinski definition) is 1. The Morgan fingerprint density at radius 1 is 1.21 bits per heavy atom. The molecule has 6 nitrogen and oxygen atoms in total. The molecule has 8 heteroatoms. The summed E-state index contributed by atoms with van der Waals surface area (Å²) in [6, 6.07) is 11.9. The van der Waals surface area contributed by atoms with Gasteiger partial charge in [0.05, 0.1) is 12.1 Å². The number of benzene rings is 1. The Kier molecular flexibility index (Phi) is 5.87. The number of nitrogens with zero attached hydrogens (tertiary/aromatic N) is 3. The molecule has 0 bridgehead atoms. The van der Waals surface area contributed by atoms with Crippen LogP contribution in [0.5, 0.6) is 5.75 Å². The quantitative estimate of drug-likeness (QED) is 0.662. The Morgan fingerprint density at radius 3 is 2.68 bits per heavy atom. The Labute approximate surface area is 172 Å². The van der Waals surface area contributed by atoms with Crippen LogP contribution in [0.1, 0.15) is 34.3 Å². The minimum absolute atomic E-state index is 0.0154. The minimum Gasteiger partial charge on any atom is -0.497 e. The second kappa shape index (κ2) is 8.70. The number of ether oxygens (including phenoxy) is 1. The van der Waals surface area contributed by atoms with Gasteiger partial charge in [0.15, 0.2) is 0 Å². The van der Waals surface area contributed by atoms with Crippen LogP contribution in [0.4, 0.5) is 9.80 Å². The molecule has 1 aromatic carbocycles. The normalized spacial score (nSPS) is 14.8. The first-order valence-electron chi connectivity index (χ1n) is 9.26. The van der Waals surface area contributed by atoms with Crippen LogP contribution in [0, 0.1) is 0 Å². The molecule has 2 amide bonds. The lowest BCUT2D eigenvalue weighted by atomic mass is 9.98. The maximum atomic E-state index is 12.3. The molecule has 2 aromatic heterocycles. The van der Waals surface area contributed by atoms with E-state index >= 15 is 0 Å². The van der Waals surface area contributed by atoms with Crippen LogP contribution < -0.4 is 10.1 Å². The summed E-state index contributed by atoms with van der Waals surface area (Å²) in [6.45, 7) is 1.49. The maximum absolute atomic E-state index is 12.3. The zero-order chi connectivity index (χ0) is 19.3. The molecule has 1 aliphatic rings. The van der Waals surface area contributed by atoms with Crippen molar-refractivity contribution in [2.45, 2.75) is 25.2 Å². The van der Waals surface area contributed by atoms with Gasteiger partial charge < -0.3 is 9.64 Å². The first kappa shape index (κ1) is 18.9. The zero-order valence-electron chi connectivity index (χ0n) is 15.6. The number of hydrogen-bond acceptors (Lipinski definition) is 6.